The predicted octanol–water partition coefficient (Wildman–Crippen LogP) is 1.54. The van der Waals surface area contributed by atoms with Gasteiger partial charge in [-0.25, -0.2) is 9.37 Å². The quantitative estimate of drug-likeness (QED) is 0.487. The van der Waals surface area contributed by atoms with E-state index in [1.807, 2.05) is 0 Å². The van der Waals surface area contributed by atoms with Gasteiger partial charge in [-0.3, -0.25) is 0 Å². The summed E-state index contributed by atoms with van der Waals surface area (Å²) in [6, 6.07) is 5.46. The molecule has 3 rings (SSSR count). The Kier molecular flexibility index (Phi) is 5.91. The molecule has 6 N–H and O–H groups in total. The van der Waals surface area contributed by atoms with E-state index >= 15 is 0 Å². The molecule has 0 aliphatic heterocycles. The van der Waals surface area contributed by atoms with E-state index in [0.29, 0.717) is 17.5 Å². The topological polar surface area (TPSA) is 125 Å². The van der Waals surface area contributed by atoms with Crippen LogP contribution in [0.25, 0.3) is 12.2 Å². The molecule has 1 saturated carbocycles. The van der Waals surface area contributed by atoms with Gasteiger partial charge in [-0.2, -0.15) is 4.98 Å². The molecule has 0 spiro atoms. The molecule has 1 aliphatic carbocycles. The summed E-state index contributed by atoms with van der Waals surface area (Å²) >= 11 is 6.19. The summed E-state index contributed by atoms with van der Waals surface area (Å²) in [6.45, 7) is -0.241. The summed E-state index contributed by atoms with van der Waals surface area (Å²) in [7, 11) is 0. The minimum Gasteiger partial charge on any atom is -0.396 e. The fourth-order valence-electron chi connectivity index (χ4n) is 3.13. The molecule has 0 amide bonds. The van der Waals surface area contributed by atoms with Crippen LogP contribution in [0.5, 0.6) is 0 Å². The smallest absolute Gasteiger partial charge is 0.223 e. The standard InChI is InChI=1S/C18H20ClFN4O3/c19-16-12(5-4-9-2-1-3-11(20)6-9)17(24-18(21)23-16)22-13-7-10(8-25)14(26)15(13)27/h1-6,10,13-15,25-27H,7-8H2,(H3,21,22,23,24)/t10-,13-,14-,15+/m1/s1. The van der Waals surface area contributed by atoms with Gasteiger partial charge in [0.2, 0.25) is 5.95 Å². The number of hydrogen-bond donors (Lipinski definition) is 5. The van der Waals surface area contributed by atoms with E-state index in [2.05, 4.69) is 15.3 Å². The lowest BCUT2D eigenvalue weighted by atomic mass is 10.1. The van der Waals surface area contributed by atoms with E-state index in [1.54, 1.807) is 24.3 Å². The molecule has 0 saturated heterocycles. The van der Waals surface area contributed by atoms with Crippen molar-refractivity contribution in [3.63, 3.8) is 0 Å². The number of nitrogens with zero attached hydrogens (tertiary/aromatic N) is 2. The highest BCUT2D eigenvalue weighted by Crippen LogP contribution is 2.31. The summed E-state index contributed by atoms with van der Waals surface area (Å²) in [5, 5.41) is 32.6. The molecule has 2 aromatic rings. The van der Waals surface area contributed by atoms with Crippen molar-refractivity contribution in [3.05, 3.63) is 46.4 Å². The van der Waals surface area contributed by atoms with Crippen molar-refractivity contribution < 1.29 is 19.7 Å². The summed E-state index contributed by atoms with van der Waals surface area (Å²) in [5.41, 5.74) is 6.70. The lowest BCUT2D eigenvalue weighted by Gasteiger charge is -2.20. The molecule has 0 bridgehead atoms. The zero-order chi connectivity index (χ0) is 19.6. The summed E-state index contributed by atoms with van der Waals surface area (Å²) < 4.78 is 13.3. The SMILES string of the molecule is Nc1nc(Cl)c(C=Cc2cccc(F)c2)c(N[C@@H]2C[C@H](CO)[C@@H](O)[C@H]2O)n1. The Morgan fingerprint density at radius 1 is 1.26 bits per heavy atom. The first-order valence-corrected chi connectivity index (χ1v) is 8.77. The maximum absolute atomic E-state index is 13.3. The normalized spacial score (nSPS) is 25.2. The molecule has 1 fully saturated rings. The second-order valence-electron chi connectivity index (χ2n) is 6.43. The molecule has 7 nitrogen and oxygen atoms in total. The Labute approximate surface area is 160 Å². The molecule has 1 aliphatic rings. The highest BCUT2D eigenvalue weighted by atomic mass is 35.5. The summed E-state index contributed by atoms with van der Waals surface area (Å²) in [5.74, 6) is -0.598. The fourth-order valence-corrected chi connectivity index (χ4v) is 3.37. The van der Waals surface area contributed by atoms with Crippen LogP contribution < -0.4 is 11.1 Å². The number of benzene rings is 1. The van der Waals surface area contributed by atoms with Crippen LogP contribution >= 0.6 is 11.6 Å². The van der Waals surface area contributed by atoms with E-state index in [9.17, 15) is 19.7 Å². The Balaban J connectivity index is 1.89. The molecule has 1 aromatic carbocycles. The third-order valence-electron chi connectivity index (χ3n) is 4.57. The second kappa shape index (κ2) is 8.18. The van der Waals surface area contributed by atoms with Gasteiger partial charge in [0, 0.05) is 12.5 Å². The molecule has 1 aromatic heterocycles. The van der Waals surface area contributed by atoms with Crippen LogP contribution in [0.15, 0.2) is 24.3 Å². The number of halogens is 2. The highest BCUT2D eigenvalue weighted by Gasteiger charge is 2.41. The predicted molar refractivity (Wildman–Crippen MR) is 101 cm³/mol. The molecule has 1 heterocycles. The minimum atomic E-state index is -1.09. The zero-order valence-corrected chi connectivity index (χ0v) is 15.0. The number of anilines is 2. The zero-order valence-electron chi connectivity index (χ0n) is 14.3. The van der Waals surface area contributed by atoms with Gasteiger partial charge in [0.25, 0.3) is 0 Å². The van der Waals surface area contributed by atoms with Crippen LogP contribution in [-0.2, 0) is 0 Å². The van der Waals surface area contributed by atoms with Crippen LogP contribution in [0.3, 0.4) is 0 Å². The van der Waals surface area contributed by atoms with Crippen LogP contribution in [-0.4, -0.2) is 50.1 Å². The van der Waals surface area contributed by atoms with Crippen molar-refractivity contribution in [1.82, 2.24) is 9.97 Å². The van der Waals surface area contributed by atoms with E-state index in [1.165, 1.54) is 12.1 Å². The van der Waals surface area contributed by atoms with Gasteiger partial charge < -0.3 is 26.4 Å². The number of aliphatic hydroxyl groups excluding tert-OH is 3. The number of nitrogens with one attached hydrogen (secondary N) is 1. The molecule has 0 unspecified atom stereocenters. The maximum atomic E-state index is 13.3. The first kappa shape index (κ1) is 19.5. The van der Waals surface area contributed by atoms with Crippen molar-refractivity contribution in [3.8, 4) is 0 Å². The van der Waals surface area contributed by atoms with Gasteiger partial charge in [-0.05, 0) is 30.2 Å². The lowest BCUT2D eigenvalue weighted by molar-refractivity contribution is 0.00445. The molecule has 27 heavy (non-hydrogen) atoms. The van der Waals surface area contributed by atoms with Crippen LogP contribution in [0.2, 0.25) is 5.15 Å². The average Bonchev–Trinajstić information content (AvgIpc) is 2.89. The van der Waals surface area contributed by atoms with E-state index in [-0.39, 0.29) is 29.3 Å². The third kappa shape index (κ3) is 4.36. The Hall–Kier alpha value is -2.26. The number of aromatic nitrogens is 2. The van der Waals surface area contributed by atoms with Crippen molar-refractivity contribution in [2.75, 3.05) is 17.7 Å². The molecule has 144 valence electrons. The van der Waals surface area contributed by atoms with Crippen LogP contribution in [0, 0.1) is 11.7 Å². The molecule has 0 radical (unpaired) electrons. The van der Waals surface area contributed by atoms with Gasteiger partial charge in [0.05, 0.1) is 17.7 Å². The number of hydrogen-bond acceptors (Lipinski definition) is 7. The van der Waals surface area contributed by atoms with E-state index < -0.39 is 24.2 Å². The van der Waals surface area contributed by atoms with Crippen molar-refractivity contribution in [2.45, 2.75) is 24.7 Å². The number of rotatable bonds is 5. The van der Waals surface area contributed by atoms with Gasteiger partial charge in [0.15, 0.2) is 0 Å². The van der Waals surface area contributed by atoms with Crippen molar-refractivity contribution in [1.29, 1.82) is 0 Å². The van der Waals surface area contributed by atoms with Gasteiger partial charge >= 0.3 is 0 Å². The Morgan fingerprint density at radius 3 is 2.70 bits per heavy atom. The molecular weight excluding hydrogens is 375 g/mol. The average molecular weight is 395 g/mol. The van der Waals surface area contributed by atoms with Gasteiger partial charge in [-0.1, -0.05) is 29.8 Å². The monoisotopic (exact) mass is 394 g/mol. The maximum Gasteiger partial charge on any atom is 0.223 e. The molecule has 4 atom stereocenters. The van der Waals surface area contributed by atoms with Crippen molar-refractivity contribution in [2.24, 2.45) is 5.92 Å². The first-order chi connectivity index (χ1) is 12.9. The Morgan fingerprint density at radius 2 is 2.04 bits per heavy atom. The largest absolute Gasteiger partial charge is 0.396 e. The fraction of sp³-hybridized carbons (Fsp3) is 0.333. The van der Waals surface area contributed by atoms with Gasteiger partial charge in [-0.15, -0.1) is 0 Å². The number of aliphatic hydroxyl groups is 3. The van der Waals surface area contributed by atoms with E-state index in [4.69, 9.17) is 17.3 Å². The highest BCUT2D eigenvalue weighted by molar-refractivity contribution is 6.31. The molecule has 9 heteroatoms. The number of nitrogens with two attached hydrogens (primary N) is 1. The van der Waals surface area contributed by atoms with Crippen molar-refractivity contribution >= 4 is 35.5 Å². The second-order valence-corrected chi connectivity index (χ2v) is 6.79. The van der Waals surface area contributed by atoms with E-state index in [0.717, 1.165) is 0 Å². The minimum absolute atomic E-state index is 0.0582. The first-order valence-electron chi connectivity index (χ1n) is 8.39. The lowest BCUT2D eigenvalue weighted by Crippen LogP contribution is -2.35. The third-order valence-corrected chi connectivity index (χ3v) is 4.85. The molecular formula is C18H20ClFN4O3. The van der Waals surface area contributed by atoms with Crippen LogP contribution in [0.4, 0.5) is 16.2 Å². The van der Waals surface area contributed by atoms with Crippen LogP contribution in [0.1, 0.15) is 17.5 Å². The number of nitrogen functional groups attached to an aromatic ring is 1. The summed E-state index contributed by atoms with van der Waals surface area (Å²) in [6.07, 6.45) is 1.46. The summed E-state index contributed by atoms with van der Waals surface area (Å²) in [4.78, 5) is 8.05. The Bertz CT molecular complexity index is 851. The van der Waals surface area contributed by atoms with Gasteiger partial charge in [0.1, 0.15) is 22.9 Å².